The number of hydrogen-bond donors (Lipinski definition) is 0. The molecule has 0 aliphatic heterocycles. The number of ether oxygens (including phenoxy) is 2. The highest BCUT2D eigenvalue weighted by atomic mass is 19.4. The topological polar surface area (TPSA) is 35.5 Å². The molecule has 0 radical (unpaired) electrons. The lowest BCUT2D eigenvalue weighted by Gasteiger charge is -2.26. The lowest BCUT2D eigenvalue weighted by atomic mass is 10.1. The summed E-state index contributed by atoms with van der Waals surface area (Å²) in [6, 6.07) is 0. The van der Waals surface area contributed by atoms with E-state index in [1.54, 1.807) is 6.92 Å². The molecular weight excluding hydrogens is 251 g/mol. The van der Waals surface area contributed by atoms with Crippen LogP contribution in [0.25, 0.3) is 0 Å². The van der Waals surface area contributed by atoms with E-state index in [9.17, 15) is 26.7 Å². The number of hydrogen-bond acceptors (Lipinski definition) is 3. The Labute approximate surface area is 94.9 Å². The largest absolute Gasteiger partial charge is 0.459 e. The Bertz CT molecular complexity index is 256. The van der Waals surface area contributed by atoms with Gasteiger partial charge in [0, 0.05) is 0 Å². The van der Waals surface area contributed by atoms with Gasteiger partial charge in [-0.1, -0.05) is 13.8 Å². The van der Waals surface area contributed by atoms with Crippen molar-refractivity contribution in [2.75, 3.05) is 13.5 Å². The third kappa shape index (κ3) is 4.45. The van der Waals surface area contributed by atoms with Gasteiger partial charge in [-0.25, -0.2) is 4.39 Å². The van der Waals surface area contributed by atoms with E-state index in [1.165, 1.54) is 6.92 Å². The molecule has 0 aromatic heterocycles. The zero-order valence-corrected chi connectivity index (χ0v) is 9.31. The van der Waals surface area contributed by atoms with Crippen LogP contribution in [0.3, 0.4) is 0 Å². The van der Waals surface area contributed by atoms with Crippen LogP contribution in [0, 0.1) is 5.92 Å². The molecule has 0 aromatic rings. The van der Waals surface area contributed by atoms with Gasteiger partial charge in [-0.2, -0.15) is 17.6 Å². The fraction of sp³-hybridized carbons (Fsp3) is 0.889. The van der Waals surface area contributed by atoms with Crippen LogP contribution in [0.2, 0.25) is 0 Å². The van der Waals surface area contributed by atoms with Crippen molar-refractivity contribution in [3.05, 3.63) is 0 Å². The molecule has 0 rings (SSSR count). The quantitative estimate of drug-likeness (QED) is 0.546. The lowest BCUT2D eigenvalue weighted by molar-refractivity contribution is -0.351. The van der Waals surface area contributed by atoms with Gasteiger partial charge in [0.2, 0.25) is 0 Å². The van der Waals surface area contributed by atoms with Crippen molar-refractivity contribution in [3.8, 4) is 0 Å². The molecule has 0 spiro atoms. The molecule has 0 saturated carbocycles. The van der Waals surface area contributed by atoms with Crippen molar-refractivity contribution >= 4 is 5.97 Å². The Hall–Kier alpha value is -0.920. The third-order valence-corrected chi connectivity index (χ3v) is 2.12. The molecule has 0 amide bonds. The third-order valence-electron chi connectivity index (χ3n) is 2.12. The van der Waals surface area contributed by atoms with Gasteiger partial charge < -0.3 is 9.47 Å². The van der Waals surface area contributed by atoms with E-state index >= 15 is 0 Å². The summed E-state index contributed by atoms with van der Waals surface area (Å²) in [5.74, 6) is -5.98. The molecule has 0 fully saturated rings. The lowest BCUT2D eigenvalue weighted by Crippen LogP contribution is -2.48. The van der Waals surface area contributed by atoms with Gasteiger partial charge in [-0.05, 0) is 6.42 Å². The molecule has 0 aliphatic carbocycles. The standard InChI is InChI=1S/C9H13F5O3/c1-3-6(2)7(15)16-4-8(11,17-5-10)9(12,13)14/h6H,3-5H2,1-2H3. The average molecular weight is 264 g/mol. The summed E-state index contributed by atoms with van der Waals surface area (Å²) in [5.41, 5.74) is 0. The molecule has 17 heavy (non-hydrogen) atoms. The zero-order chi connectivity index (χ0) is 13.7. The van der Waals surface area contributed by atoms with Gasteiger partial charge in [0.25, 0.3) is 0 Å². The van der Waals surface area contributed by atoms with Crippen molar-refractivity contribution in [1.29, 1.82) is 0 Å². The number of carbonyl (C=O) groups excluding carboxylic acids is 1. The van der Waals surface area contributed by atoms with Crippen molar-refractivity contribution in [2.45, 2.75) is 32.3 Å². The molecule has 0 aliphatic rings. The molecule has 0 heterocycles. The minimum atomic E-state index is -5.48. The van der Waals surface area contributed by atoms with Crippen LogP contribution in [-0.4, -0.2) is 31.5 Å². The van der Waals surface area contributed by atoms with E-state index in [2.05, 4.69) is 9.47 Å². The summed E-state index contributed by atoms with van der Waals surface area (Å²) in [7, 11) is 0. The fourth-order valence-electron chi connectivity index (χ4n) is 0.765. The second-order valence-electron chi connectivity index (χ2n) is 3.40. The first-order valence-electron chi connectivity index (χ1n) is 4.80. The number of esters is 1. The summed E-state index contributed by atoms with van der Waals surface area (Å²) < 4.78 is 68.8. The molecule has 0 saturated heterocycles. The average Bonchev–Trinajstić information content (AvgIpc) is 2.23. The smallest absolute Gasteiger partial charge is 0.452 e. The number of rotatable bonds is 6. The van der Waals surface area contributed by atoms with Crippen molar-refractivity contribution in [1.82, 2.24) is 0 Å². The summed E-state index contributed by atoms with van der Waals surface area (Å²) in [6.07, 6.45) is -5.15. The summed E-state index contributed by atoms with van der Waals surface area (Å²) >= 11 is 0. The molecule has 2 unspecified atom stereocenters. The van der Waals surface area contributed by atoms with E-state index in [1.807, 2.05) is 0 Å². The van der Waals surface area contributed by atoms with E-state index in [0.717, 1.165) is 0 Å². The first-order chi connectivity index (χ1) is 7.68. The maximum Gasteiger partial charge on any atom is 0.452 e. The van der Waals surface area contributed by atoms with Gasteiger partial charge in [0.05, 0.1) is 5.92 Å². The van der Waals surface area contributed by atoms with Crippen LogP contribution in [-0.2, 0) is 14.3 Å². The highest BCUT2D eigenvalue weighted by molar-refractivity contribution is 5.71. The first kappa shape index (κ1) is 16.1. The molecule has 0 aromatic carbocycles. The van der Waals surface area contributed by atoms with E-state index in [4.69, 9.17) is 0 Å². The van der Waals surface area contributed by atoms with E-state index in [-0.39, 0.29) is 0 Å². The second-order valence-corrected chi connectivity index (χ2v) is 3.40. The fourth-order valence-corrected chi connectivity index (χ4v) is 0.765. The highest BCUT2D eigenvalue weighted by Crippen LogP contribution is 2.35. The normalized spacial score (nSPS) is 17.4. The number of halogens is 5. The number of carbonyl (C=O) groups is 1. The number of alkyl halides is 5. The van der Waals surface area contributed by atoms with Gasteiger partial charge in [0.15, 0.2) is 13.5 Å². The zero-order valence-electron chi connectivity index (χ0n) is 9.31. The molecular formula is C9H13F5O3. The van der Waals surface area contributed by atoms with Crippen molar-refractivity contribution < 1.29 is 36.2 Å². The molecule has 102 valence electrons. The SMILES string of the molecule is CCC(C)C(=O)OCC(F)(OCF)C(F)(F)F. The minimum Gasteiger partial charge on any atom is -0.459 e. The second kappa shape index (κ2) is 6.13. The molecule has 3 nitrogen and oxygen atoms in total. The monoisotopic (exact) mass is 264 g/mol. The Kier molecular flexibility index (Phi) is 5.80. The van der Waals surface area contributed by atoms with E-state index < -0.39 is 37.4 Å². The molecule has 0 N–H and O–H groups in total. The summed E-state index contributed by atoms with van der Waals surface area (Å²) in [5, 5.41) is 0. The molecule has 8 heteroatoms. The Morgan fingerprint density at radius 3 is 2.18 bits per heavy atom. The van der Waals surface area contributed by atoms with Crippen LogP contribution in [0.5, 0.6) is 0 Å². The van der Waals surface area contributed by atoms with Crippen LogP contribution in [0.15, 0.2) is 0 Å². The molecule has 2 atom stereocenters. The Morgan fingerprint density at radius 2 is 1.82 bits per heavy atom. The molecule has 0 bridgehead atoms. The van der Waals surface area contributed by atoms with Crippen LogP contribution in [0.4, 0.5) is 22.0 Å². The Balaban J connectivity index is 4.53. The summed E-state index contributed by atoms with van der Waals surface area (Å²) in [4.78, 5) is 11.0. The first-order valence-corrected chi connectivity index (χ1v) is 4.80. The maximum absolute atomic E-state index is 13.2. The maximum atomic E-state index is 13.2. The van der Waals surface area contributed by atoms with Gasteiger partial charge in [0.1, 0.15) is 0 Å². The van der Waals surface area contributed by atoms with Crippen LogP contribution >= 0.6 is 0 Å². The van der Waals surface area contributed by atoms with E-state index in [0.29, 0.717) is 6.42 Å². The predicted octanol–water partition coefficient (Wildman–Crippen LogP) is 2.75. The van der Waals surface area contributed by atoms with Gasteiger partial charge >= 0.3 is 18.0 Å². The van der Waals surface area contributed by atoms with Crippen molar-refractivity contribution in [2.24, 2.45) is 5.92 Å². The van der Waals surface area contributed by atoms with Crippen LogP contribution in [0.1, 0.15) is 20.3 Å². The Morgan fingerprint density at radius 1 is 1.29 bits per heavy atom. The minimum absolute atomic E-state index is 0.327. The van der Waals surface area contributed by atoms with Crippen molar-refractivity contribution in [3.63, 3.8) is 0 Å². The predicted molar refractivity (Wildman–Crippen MR) is 47.4 cm³/mol. The van der Waals surface area contributed by atoms with Gasteiger partial charge in [-0.3, -0.25) is 4.79 Å². The summed E-state index contributed by atoms with van der Waals surface area (Å²) in [6.45, 7) is -0.678. The van der Waals surface area contributed by atoms with Crippen LogP contribution < -0.4 is 0 Å². The highest BCUT2D eigenvalue weighted by Gasteiger charge is 2.59. The van der Waals surface area contributed by atoms with Gasteiger partial charge in [-0.15, -0.1) is 0 Å².